The summed E-state index contributed by atoms with van der Waals surface area (Å²) < 4.78 is 16.0. The molecule has 1 amide bonds. The third kappa shape index (κ3) is 6.91. The molecule has 4 heterocycles. The van der Waals surface area contributed by atoms with E-state index < -0.39 is 11.7 Å². The highest BCUT2D eigenvalue weighted by Gasteiger charge is 2.20. The first-order valence-electron chi connectivity index (χ1n) is 15.9. The Labute approximate surface area is 282 Å². The van der Waals surface area contributed by atoms with Crippen LogP contribution >= 0.6 is 11.6 Å². The molecule has 1 aliphatic rings. The summed E-state index contributed by atoms with van der Waals surface area (Å²) in [6, 6.07) is 27.8. The lowest BCUT2D eigenvalue weighted by Gasteiger charge is -2.29. The van der Waals surface area contributed by atoms with Gasteiger partial charge in [-0.2, -0.15) is 0 Å². The van der Waals surface area contributed by atoms with Crippen LogP contribution in [0.2, 0.25) is 5.02 Å². The Morgan fingerprint density at radius 2 is 1.75 bits per heavy atom. The van der Waals surface area contributed by atoms with Gasteiger partial charge in [0.05, 0.1) is 27.7 Å². The maximum atomic E-state index is 14.0. The Hall–Kier alpha value is -5.16. The van der Waals surface area contributed by atoms with Crippen molar-refractivity contribution in [3.8, 4) is 22.6 Å². The normalized spacial score (nSPS) is 13.9. The van der Waals surface area contributed by atoms with Gasteiger partial charge in [0.2, 0.25) is 5.95 Å². The number of rotatable bonds is 9. The molecule has 7 rings (SSSR count). The number of imidazole rings is 1. The van der Waals surface area contributed by atoms with E-state index in [-0.39, 0.29) is 10.6 Å². The molecule has 0 unspecified atom stereocenters. The molecule has 0 aliphatic carbocycles. The summed E-state index contributed by atoms with van der Waals surface area (Å²) in [6.07, 6.45) is 6.77. The standard InChI is InChI=1S/C37H34ClFN8O/c38-33-29(7-4-8-30(33)39)36(48)42-28-6-3-5-25(23-28)34-35(47-19-2-1-9-32(47)45-34)31-14-18-41-37(44-31)43-27-12-10-24(11-13-27)15-20-46-21-16-26(40)17-22-46/h1-14,18-19,23,26H,15-17,20-22,40H2,(H,42,48)(H,41,43,44). The molecular formula is C37H34ClFN8O. The predicted molar refractivity (Wildman–Crippen MR) is 188 cm³/mol. The SMILES string of the molecule is NC1CCN(CCc2ccc(Nc3nccc(-c4c(-c5cccc(NC(=O)c6cccc(F)c6Cl)c5)nc5ccccn45)n3)cc2)CC1. The lowest BCUT2D eigenvalue weighted by Crippen LogP contribution is -2.40. The third-order valence-corrected chi connectivity index (χ3v) is 8.96. The zero-order valence-corrected chi connectivity index (χ0v) is 26.9. The van der Waals surface area contributed by atoms with Crippen LogP contribution in [0.15, 0.2) is 103 Å². The summed E-state index contributed by atoms with van der Waals surface area (Å²) in [5.41, 5.74) is 12.4. The number of carbonyl (C=O) groups is 1. The number of fused-ring (bicyclic) bond motifs is 1. The van der Waals surface area contributed by atoms with Crippen LogP contribution in [-0.4, -0.2) is 55.8 Å². The van der Waals surface area contributed by atoms with E-state index in [1.165, 1.54) is 23.8 Å². The summed E-state index contributed by atoms with van der Waals surface area (Å²) in [7, 11) is 0. The molecule has 11 heteroatoms. The van der Waals surface area contributed by atoms with E-state index in [1.54, 1.807) is 12.3 Å². The lowest BCUT2D eigenvalue weighted by atomic mass is 10.1. The maximum absolute atomic E-state index is 14.0. The zero-order chi connectivity index (χ0) is 33.0. The first kappa shape index (κ1) is 31.4. The molecule has 0 saturated carbocycles. The number of nitrogens with two attached hydrogens (primary N) is 1. The predicted octanol–water partition coefficient (Wildman–Crippen LogP) is 7.21. The van der Waals surface area contributed by atoms with Gasteiger partial charge in [-0.15, -0.1) is 0 Å². The number of likely N-dealkylation sites (tertiary alicyclic amines) is 1. The molecule has 48 heavy (non-hydrogen) atoms. The lowest BCUT2D eigenvalue weighted by molar-refractivity contribution is 0.102. The summed E-state index contributed by atoms with van der Waals surface area (Å²) in [6.45, 7) is 3.16. The van der Waals surface area contributed by atoms with Gasteiger partial charge in [0.1, 0.15) is 11.5 Å². The van der Waals surface area contributed by atoms with Crippen molar-refractivity contribution >= 4 is 40.5 Å². The maximum Gasteiger partial charge on any atom is 0.257 e. The molecule has 0 spiro atoms. The summed E-state index contributed by atoms with van der Waals surface area (Å²) in [5.74, 6) is -0.717. The van der Waals surface area contributed by atoms with E-state index in [0.717, 1.165) is 61.5 Å². The Morgan fingerprint density at radius 1 is 0.938 bits per heavy atom. The minimum Gasteiger partial charge on any atom is -0.328 e. The number of hydrogen-bond acceptors (Lipinski definition) is 7. The van der Waals surface area contributed by atoms with Gasteiger partial charge in [-0.25, -0.2) is 19.3 Å². The highest BCUT2D eigenvalue weighted by Crippen LogP contribution is 2.34. The second kappa shape index (κ2) is 13.9. The Balaban J connectivity index is 1.12. The molecule has 1 fully saturated rings. The Morgan fingerprint density at radius 3 is 2.58 bits per heavy atom. The zero-order valence-electron chi connectivity index (χ0n) is 26.1. The Bertz CT molecular complexity index is 2070. The fraction of sp³-hybridized carbons (Fsp3) is 0.189. The molecule has 0 atom stereocenters. The smallest absolute Gasteiger partial charge is 0.257 e. The van der Waals surface area contributed by atoms with Crippen LogP contribution in [0.3, 0.4) is 0 Å². The largest absolute Gasteiger partial charge is 0.328 e. The second-order valence-corrected chi connectivity index (χ2v) is 12.3. The number of anilines is 3. The van der Waals surface area contributed by atoms with Gasteiger partial charge in [-0.1, -0.05) is 48.0 Å². The number of amides is 1. The number of piperidine rings is 1. The topological polar surface area (TPSA) is 113 Å². The summed E-state index contributed by atoms with van der Waals surface area (Å²) >= 11 is 6.06. The van der Waals surface area contributed by atoms with Gasteiger partial charge in [0.25, 0.3) is 5.91 Å². The molecule has 9 nitrogen and oxygen atoms in total. The van der Waals surface area contributed by atoms with Crippen LogP contribution in [0, 0.1) is 5.82 Å². The number of nitrogens with one attached hydrogen (secondary N) is 2. The molecule has 1 saturated heterocycles. The van der Waals surface area contributed by atoms with Gasteiger partial charge >= 0.3 is 0 Å². The molecule has 242 valence electrons. The van der Waals surface area contributed by atoms with Crippen LogP contribution in [0.25, 0.3) is 28.3 Å². The number of halogens is 2. The van der Waals surface area contributed by atoms with Crippen LogP contribution in [0.5, 0.6) is 0 Å². The first-order chi connectivity index (χ1) is 23.4. The molecule has 0 radical (unpaired) electrons. The summed E-state index contributed by atoms with van der Waals surface area (Å²) in [4.78, 5) is 29.8. The number of carbonyl (C=O) groups excluding carboxylic acids is 1. The molecule has 0 bridgehead atoms. The molecule has 6 aromatic rings. The van der Waals surface area contributed by atoms with E-state index in [9.17, 15) is 9.18 Å². The highest BCUT2D eigenvalue weighted by molar-refractivity contribution is 6.34. The minimum absolute atomic E-state index is 0.0502. The molecular weight excluding hydrogens is 627 g/mol. The quantitative estimate of drug-likeness (QED) is 0.150. The van der Waals surface area contributed by atoms with Crippen LogP contribution in [-0.2, 0) is 6.42 Å². The van der Waals surface area contributed by atoms with Gasteiger partial charge in [-0.05, 0) is 92.5 Å². The van der Waals surface area contributed by atoms with Crippen molar-refractivity contribution in [2.24, 2.45) is 5.73 Å². The third-order valence-electron chi connectivity index (χ3n) is 8.58. The van der Waals surface area contributed by atoms with Gasteiger partial charge in [0, 0.05) is 41.9 Å². The van der Waals surface area contributed by atoms with Crippen molar-refractivity contribution in [3.05, 3.63) is 125 Å². The van der Waals surface area contributed by atoms with Crippen LogP contribution < -0.4 is 16.4 Å². The number of nitrogens with zero attached hydrogens (tertiary/aromatic N) is 5. The van der Waals surface area contributed by atoms with E-state index in [2.05, 4.69) is 32.7 Å². The van der Waals surface area contributed by atoms with E-state index in [4.69, 9.17) is 27.3 Å². The van der Waals surface area contributed by atoms with Crippen LogP contribution in [0.1, 0.15) is 28.8 Å². The number of pyridine rings is 1. The number of benzene rings is 3. The van der Waals surface area contributed by atoms with Crippen molar-refractivity contribution in [1.29, 1.82) is 0 Å². The van der Waals surface area contributed by atoms with Gasteiger partial charge in [0.15, 0.2) is 0 Å². The Kier molecular flexibility index (Phi) is 9.11. The molecule has 4 N–H and O–H groups in total. The van der Waals surface area contributed by atoms with Crippen molar-refractivity contribution in [3.63, 3.8) is 0 Å². The van der Waals surface area contributed by atoms with E-state index in [1.807, 2.05) is 65.2 Å². The fourth-order valence-corrected chi connectivity index (χ4v) is 6.17. The molecule has 3 aromatic carbocycles. The fourth-order valence-electron chi connectivity index (χ4n) is 5.96. The number of hydrogen-bond donors (Lipinski definition) is 3. The second-order valence-electron chi connectivity index (χ2n) is 11.9. The van der Waals surface area contributed by atoms with Crippen molar-refractivity contribution < 1.29 is 9.18 Å². The average Bonchev–Trinajstić information content (AvgIpc) is 3.50. The van der Waals surface area contributed by atoms with E-state index in [0.29, 0.717) is 29.1 Å². The van der Waals surface area contributed by atoms with Crippen molar-refractivity contribution in [1.82, 2.24) is 24.3 Å². The number of aromatic nitrogens is 4. The van der Waals surface area contributed by atoms with Gasteiger partial charge in [-0.3, -0.25) is 9.20 Å². The highest BCUT2D eigenvalue weighted by atomic mass is 35.5. The van der Waals surface area contributed by atoms with E-state index >= 15 is 0 Å². The average molecular weight is 661 g/mol. The van der Waals surface area contributed by atoms with Gasteiger partial charge < -0.3 is 21.3 Å². The molecule has 1 aliphatic heterocycles. The monoisotopic (exact) mass is 660 g/mol. The summed E-state index contributed by atoms with van der Waals surface area (Å²) in [5, 5.41) is 5.95. The first-order valence-corrected chi connectivity index (χ1v) is 16.3. The van der Waals surface area contributed by atoms with Crippen LogP contribution in [0.4, 0.5) is 21.7 Å². The molecule has 3 aromatic heterocycles. The minimum atomic E-state index is -0.655. The van der Waals surface area contributed by atoms with Crippen molar-refractivity contribution in [2.75, 3.05) is 30.3 Å². The van der Waals surface area contributed by atoms with Crippen molar-refractivity contribution in [2.45, 2.75) is 25.3 Å².